The lowest BCUT2D eigenvalue weighted by Crippen LogP contribution is -2.47. The third-order valence-electron chi connectivity index (χ3n) is 4.59. The fourth-order valence-corrected chi connectivity index (χ4v) is 3.38. The number of carbonyl (C=O) groups is 1. The second kappa shape index (κ2) is 6.15. The molecule has 2 heterocycles. The van der Waals surface area contributed by atoms with Gasteiger partial charge >= 0.3 is 0 Å². The number of carbonyl (C=O) groups excluding carboxylic acids is 1. The normalized spacial score (nSPS) is 25.8. The molecular weight excluding hydrogens is 270 g/mol. The van der Waals surface area contributed by atoms with Gasteiger partial charge in [0.2, 0.25) is 5.91 Å². The minimum absolute atomic E-state index is 0.0160. The molecule has 1 amide bonds. The first-order valence-corrected chi connectivity index (χ1v) is 7.77. The molecule has 6 nitrogen and oxygen atoms in total. The van der Waals surface area contributed by atoms with Crippen LogP contribution in [-0.2, 0) is 9.53 Å². The SMILES string of the molecule is O=C(CC1(O)CCCCC1)N1CCOCC1c1ccn[nH]1. The molecule has 21 heavy (non-hydrogen) atoms. The van der Waals surface area contributed by atoms with Gasteiger partial charge in [-0.3, -0.25) is 9.89 Å². The Hall–Kier alpha value is -1.40. The zero-order valence-electron chi connectivity index (χ0n) is 12.3. The van der Waals surface area contributed by atoms with Crippen molar-refractivity contribution >= 4 is 5.91 Å². The third-order valence-corrected chi connectivity index (χ3v) is 4.59. The topological polar surface area (TPSA) is 78.4 Å². The van der Waals surface area contributed by atoms with E-state index >= 15 is 0 Å². The predicted molar refractivity (Wildman–Crippen MR) is 76.5 cm³/mol. The second-order valence-electron chi connectivity index (χ2n) is 6.15. The number of aromatic amines is 1. The molecule has 1 aromatic heterocycles. The van der Waals surface area contributed by atoms with Gasteiger partial charge in [0.05, 0.1) is 37.0 Å². The molecule has 1 aromatic rings. The molecule has 1 atom stereocenters. The van der Waals surface area contributed by atoms with Crippen LogP contribution in [0.3, 0.4) is 0 Å². The summed E-state index contributed by atoms with van der Waals surface area (Å²) in [5, 5.41) is 17.5. The van der Waals surface area contributed by atoms with Crippen LogP contribution in [0.4, 0.5) is 0 Å². The van der Waals surface area contributed by atoms with Crippen molar-refractivity contribution in [2.75, 3.05) is 19.8 Å². The summed E-state index contributed by atoms with van der Waals surface area (Å²) in [4.78, 5) is 14.5. The number of hydrogen-bond acceptors (Lipinski definition) is 4. The van der Waals surface area contributed by atoms with Crippen molar-refractivity contribution < 1.29 is 14.6 Å². The van der Waals surface area contributed by atoms with E-state index < -0.39 is 5.60 Å². The maximum absolute atomic E-state index is 12.7. The fraction of sp³-hybridized carbons (Fsp3) is 0.733. The maximum Gasteiger partial charge on any atom is 0.226 e. The number of aliphatic hydroxyl groups is 1. The van der Waals surface area contributed by atoms with Crippen LogP contribution in [0.5, 0.6) is 0 Å². The van der Waals surface area contributed by atoms with E-state index in [0.717, 1.165) is 37.8 Å². The Morgan fingerprint density at radius 1 is 1.48 bits per heavy atom. The van der Waals surface area contributed by atoms with Gasteiger partial charge in [-0.05, 0) is 18.9 Å². The van der Waals surface area contributed by atoms with Crippen LogP contribution in [0.25, 0.3) is 0 Å². The lowest BCUT2D eigenvalue weighted by atomic mass is 9.82. The molecule has 1 aliphatic carbocycles. The van der Waals surface area contributed by atoms with Crippen LogP contribution < -0.4 is 0 Å². The monoisotopic (exact) mass is 293 g/mol. The molecule has 0 radical (unpaired) electrons. The molecule has 3 rings (SSSR count). The summed E-state index contributed by atoms with van der Waals surface area (Å²) in [7, 11) is 0. The van der Waals surface area contributed by atoms with Crippen molar-refractivity contribution in [1.29, 1.82) is 0 Å². The molecule has 2 fully saturated rings. The Bertz CT molecular complexity index is 469. The molecule has 1 saturated heterocycles. The molecule has 1 aliphatic heterocycles. The first kappa shape index (κ1) is 14.5. The molecule has 6 heteroatoms. The molecule has 0 bridgehead atoms. The number of hydrogen-bond donors (Lipinski definition) is 2. The Labute approximate surface area is 124 Å². The smallest absolute Gasteiger partial charge is 0.226 e. The van der Waals surface area contributed by atoms with Crippen LogP contribution in [0, 0.1) is 0 Å². The summed E-state index contributed by atoms with van der Waals surface area (Å²) in [6.07, 6.45) is 6.55. The van der Waals surface area contributed by atoms with E-state index in [0.29, 0.717) is 19.8 Å². The number of amides is 1. The van der Waals surface area contributed by atoms with Gasteiger partial charge in [-0.2, -0.15) is 5.10 Å². The van der Waals surface area contributed by atoms with E-state index in [1.807, 2.05) is 11.0 Å². The first-order valence-electron chi connectivity index (χ1n) is 7.77. The average molecular weight is 293 g/mol. The number of morpholine rings is 1. The summed E-state index contributed by atoms with van der Waals surface area (Å²) >= 11 is 0. The number of aromatic nitrogens is 2. The van der Waals surface area contributed by atoms with Crippen molar-refractivity contribution in [3.05, 3.63) is 18.0 Å². The van der Waals surface area contributed by atoms with E-state index in [9.17, 15) is 9.90 Å². The molecule has 116 valence electrons. The Balaban J connectivity index is 1.69. The average Bonchev–Trinajstić information content (AvgIpc) is 3.01. The van der Waals surface area contributed by atoms with Crippen LogP contribution >= 0.6 is 0 Å². The number of nitrogens with one attached hydrogen (secondary N) is 1. The number of rotatable bonds is 3. The fourth-order valence-electron chi connectivity index (χ4n) is 3.38. The molecular formula is C15H23N3O3. The summed E-state index contributed by atoms with van der Waals surface area (Å²) < 4.78 is 5.50. The minimum Gasteiger partial charge on any atom is -0.389 e. The van der Waals surface area contributed by atoms with E-state index in [4.69, 9.17) is 4.74 Å². The molecule has 1 unspecified atom stereocenters. The zero-order chi connectivity index (χ0) is 14.7. The minimum atomic E-state index is -0.813. The lowest BCUT2D eigenvalue weighted by molar-refractivity contribution is -0.146. The van der Waals surface area contributed by atoms with Crippen molar-refractivity contribution in [3.63, 3.8) is 0 Å². The van der Waals surface area contributed by atoms with E-state index in [2.05, 4.69) is 10.2 Å². The quantitative estimate of drug-likeness (QED) is 0.883. The number of nitrogens with zero attached hydrogens (tertiary/aromatic N) is 2. The Morgan fingerprint density at radius 3 is 3.00 bits per heavy atom. The predicted octanol–water partition coefficient (Wildman–Crippen LogP) is 1.39. The van der Waals surface area contributed by atoms with Gasteiger partial charge < -0.3 is 14.7 Å². The molecule has 0 spiro atoms. The molecule has 1 saturated carbocycles. The van der Waals surface area contributed by atoms with Gasteiger partial charge in [0.1, 0.15) is 0 Å². The van der Waals surface area contributed by atoms with Gasteiger partial charge in [0.15, 0.2) is 0 Å². The Kier molecular flexibility index (Phi) is 4.26. The lowest BCUT2D eigenvalue weighted by Gasteiger charge is -2.38. The van der Waals surface area contributed by atoms with Gasteiger partial charge in [-0.15, -0.1) is 0 Å². The van der Waals surface area contributed by atoms with Crippen LogP contribution in [0.1, 0.15) is 50.3 Å². The van der Waals surface area contributed by atoms with E-state index in [1.165, 1.54) is 0 Å². The van der Waals surface area contributed by atoms with Crippen LogP contribution in [0.2, 0.25) is 0 Å². The summed E-state index contributed by atoms with van der Waals surface area (Å²) in [6, 6.07) is 1.75. The molecule has 0 aromatic carbocycles. The van der Waals surface area contributed by atoms with E-state index in [-0.39, 0.29) is 18.4 Å². The first-order chi connectivity index (χ1) is 10.2. The van der Waals surface area contributed by atoms with Crippen molar-refractivity contribution in [2.45, 2.75) is 50.2 Å². The van der Waals surface area contributed by atoms with Gasteiger partial charge in [-0.1, -0.05) is 19.3 Å². The van der Waals surface area contributed by atoms with Gasteiger partial charge in [-0.25, -0.2) is 0 Å². The van der Waals surface area contributed by atoms with Gasteiger partial charge in [0, 0.05) is 12.7 Å². The van der Waals surface area contributed by atoms with Crippen molar-refractivity contribution in [1.82, 2.24) is 15.1 Å². The maximum atomic E-state index is 12.7. The molecule has 2 aliphatic rings. The summed E-state index contributed by atoms with van der Waals surface area (Å²) in [6.45, 7) is 1.60. The van der Waals surface area contributed by atoms with Crippen LogP contribution in [-0.4, -0.2) is 51.5 Å². The Morgan fingerprint density at radius 2 is 2.29 bits per heavy atom. The summed E-state index contributed by atoms with van der Waals surface area (Å²) in [5.41, 5.74) is 0.0743. The number of H-pyrrole nitrogens is 1. The third kappa shape index (κ3) is 3.27. The van der Waals surface area contributed by atoms with Crippen molar-refractivity contribution in [2.24, 2.45) is 0 Å². The van der Waals surface area contributed by atoms with E-state index in [1.54, 1.807) is 6.20 Å². The van der Waals surface area contributed by atoms with Gasteiger partial charge in [0.25, 0.3) is 0 Å². The van der Waals surface area contributed by atoms with Crippen molar-refractivity contribution in [3.8, 4) is 0 Å². The molecule has 2 N–H and O–H groups in total. The second-order valence-corrected chi connectivity index (χ2v) is 6.15. The number of ether oxygens (including phenoxy) is 1. The standard InChI is InChI=1S/C15H23N3O3/c19-14(10-15(20)5-2-1-3-6-15)18-8-9-21-11-13(18)12-4-7-16-17-12/h4,7,13,20H,1-3,5-6,8-11H2,(H,16,17). The largest absolute Gasteiger partial charge is 0.389 e. The summed E-state index contributed by atoms with van der Waals surface area (Å²) in [5.74, 6) is 0.0160. The highest BCUT2D eigenvalue weighted by molar-refractivity contribution is 5.78. The van der Waals surface area contributed by atoms with Crippen LogP contribution in [0.15, 0.2) is 12.3 Å². The highest BCUT2D eigenvalue weighted by atomic mass is 16.5. The highest BCUT2D eigenvalue weighted by Crippen LogP contribution is 2.33. The zero-order valence-corrected chi connectivity index (χ0v) is 12.3. The highest BCUT2D eigenvalue weighted by Gasteiger charge is 2.36.